The van der Waals surface area contributed by atoms with Crippen LogP contribution >= 0.6 is 15.9 Å². The molecule has 0 saturated heterocycles. The third-order valence-electron chi connectivity index (χ3n) is 2.93. The number of benzene rings is 1. The lowest BCUT2D eigenvalue weighted by Gasteiger charge is -2.12. The Bertz CT molecular complexity index is 444. The molecule has 98 valence electrons. The van der Waals surface area contributed by atoms with Gasteiger partial charge in [-0.1, -0.05) is 15.9 Å². The largest absolute Gasteiger partial charge is 0.356 e. The molecule has 0 bridgehead atoms. The summed E-state index contributed by atoms with van der Waals surface area (Å²) in [5.41, 5.74) is 0.879. The van der Waals surface area contributed by atoms with Gasteiger partial charge >= 0.3 is 0 Å². The van der Waals surface area contributed by atoms with Crippen LogP contribution in [0.5, 0.6) is 0 Å². The first-order valence-corrected chi connectivity index (χ1v) is 6.87. The van der Waals surface area contributed by atoms with Gasteiger partial charge in [0.05, 0.1) is 0 Å². The van der Waals surface area contributed by atoms with Crippen LogP contribution in [-0.4, -0.2) is 19.6 Å². The summed E-state index contributed by atoms with van der Waals surface area (Å²) in [4.78, 5) is 4.14. The second kappa shape index (κ2) is 6.18. The summed E-state index contributed by atoms with van der Waals surface area (Å²) in [5, 5.41) is 6.44. The molecule has 0 spiro atoms. The van der Waals surface area contributed by atoms with E-state index < -0.39 is 0 Å². The second-order valence-corrected chi connectivity index (χ2v) is 5.34. The average Bonchev–Trinajstić information content (AvgIpc) is 3.17. The van der Waals surface area contributed by atoms with E-state index in [2.05, 4.69) is 31.6 Å². The van der Waals surface area contributed by atoms with E-state index >= 15 is 0 Å². The number of aliphatic imine (C=N–C) groups is 1. The van der Waals surface area contributed by atoms with E-state index in [0.29, 0.717) is 6.54 Å². The van der Waals surface area contributed by atoms with Gasteiger partial charge in [0.2, 0.25) is 0 Å². The van der Waals surface area contributed by atoms with Crippen LogP contribution in [0.2, 0.25) is 0 Å². The Labute approximate surface area is 115 Å². The first-order valence-electron chi connectivity index (χ1n) is 6.07. The molecule has 0 atom stereocenters. The molecule has 0 aromatic heterocycles. The maximum absolute atomic E-state index is 13.1. The molecule has 1 aromatic rings. The molecule has 5 heteroatoms. The smallest absolute Gasteiger partial charge is 0.191 e. The summed E-state index contributed by atoms with van der Waals surface area (Å²) in [7, 11) is 1.74. The van der Waals surface area contributed by atoms with Crippen LogP contribution in [0.15, 0.2) is 27.7 Å². The minimum absolute atomic E-state index is 0.226. The Morgan fingerprint density at radius 3 is 2.89 bits per heavy atom. The molecular weight excluding hydrogens is 297 g/mol. The number of rotatable bonds is 4. The fourth-order valence-electron chi connectivity index (χ4n) is 1.64. The first kappa shape index (κ1) is 13.3. The first-order chi connectivity index (χ1) is 8.69. The van der Waals surface area contributed by atoms with E-state index in [1.165, 1.54) is 25.0 Å². The maximum atomic E-state index is 13.1. The van der Waals surface area contributed by atoms with Crippen molar-refractivity contribution in [1.29, 1.82) is 0 Å². The molecule has 2 rings (SSSR count). The SMILES string of the molecule is CN=C(NCc1cc(F)ccc1Br)NCC1CC1. The molecule has 1 aliphatic carbocycles. The fourth-order valence-corrected chi connectivity index (χ4v) is 2.03. The summed E-state index contributed by atoms with van der Waals surface area (Å²) in [6, 6.07) is 4.67. The minimum atomic E-state index is -0.226. The molecule has 0 unspecified atom stereocenters. The van der Waals surface area contributed by atoms with Gasteiger partial charge in [-0.2, -0.15) is 0 Å². The van der Waals surface area contributed by atoms with E-state index in [4.69, 9.17) is 0 Å². The van der Waals surface area contributed by atoms with Crippen molar-refractivity contribution in [2.45, 2.75) is 19.4 Å². The lowest BCUT2D eigenvalue weighted by molar-refractivity contribution is 0.624. The maximum Gasteiger partial charge on any atom is 0.191 e. The minimum Gasteiger partial charge on any atom is -0.356 e. The summed E-state index contributed by atoms with van der Waals surface area (Å²) < 4.78 is 14.0. The van der Waals surface area contributed by atoms with Crippen LogP contribution in [0.25, 0.3) is 0 Å². The van der Waals surface area contributed by atoms with Gasteiger partial charge in [-0.05, 0) is 42.5 Å². The Kier molecular flexibility index (Phi) is 4.58. The molecule has 0 amide bonds. The van der Waals surface area contributed by atoms with Gasteiger partial charge in [0.25, 0.3) is 0 Å². The highest BCUT2D eigenvalue weighted by molar-refractivity contribution is 9.10. The zero-order chi connectivity index (χ0) is 13.0. The molecule has 18 heavy (non-hydrogen) atoms. The summed E-state index contributed by atoms with van der Waals surface area (Å²) in [6.07, 6.45) is 2.61. The summed E-state index contributed by atoms with van der Waals surface area (Å²) in [6.45, 7) is 1.51. The molecule has 1 fully saturated rings. The molecule has 1 saturated carbocycles. The van der Waals surface area contributed by atoms with E-state index in [1.807, 2.05) is 0 Å². The average molecular weight is 314 g/mol. The van der Waals surface area contributed by atoms with Gasteiger partial charge in [0.1, 0.15) is 5.82 Å². The lowest BCUT2D eigenvalue weighted by atomic mass is 10.2. The summed E-state index contributed by atoms with van der Waals surface area (Å²) >= 11 is 3.41. The third kappa shape index (κ3) is 3.98. The van der Waals surface area contributed by atoms with Crippen molar-refractivity contribution in [2.75, 3.05) is 13.6 Å². The normalized spacial score (nSPS) is 15.6. The molecule has 2 N–H and O–H groups in total. The monoisotopic (exact) mass is 313 g/mol. The lowest BCUT2D eigenvalue weighted by Crippen LogP contribution is -2.37. The van der Waals surface area contributed by atoms with Crippen molar-refractivity contribution in [2.24, 2.45) is 10.9 Å². The number of hydrogen-bond acceptors (Lipinski definition) is 1. The van der Waals surface area contributed by atoms with Crippen LogP contribution in [0.1, 0.15) is 18.4 Å². The second-order valence-electron chi connectivity index (χ2n) is 4.49. The molecule has 1 aromatic carbocycles. The van der Waals surface area contributed by atoms with Crippen LogP contribution < -0.4 is 10.6 Å². The number of halogens is 2. The zero-order valence-corrected chi connectivity index (χ0v) is 11.9. The molecule has 0 aliphatic heterocycles. The van der Waals surface area contributed by atoms with Gasteiger partial charge < -0.3 is 10.6 Å². The highest BCUT2D eigenvalue weighted by Gasteiger charge is 2.21. The van der Waals surface area contributed by atoms with Crippen LogP contribution in [0.3, 0.4) is 0 Å². The number of guanidine groups is 1. The van der Waals surface area contributed by atoms with Crippen LogP contribution in [-0.2, 0) is 6.54 Å². The Morgan fingerprint density at radius 1 is 1.44 bits per heavy atom. The molecular formula is C13H17BrFN3. The predicted molar refractivity (Wildman–Crippen MR) is 75.0 cm³/mol. The van der Waals surface area contributed by atoms with Crippen molar-refractivity contribution in [3.8, 4) is 0 Å². The van der Waals surface area contributed by atoms with Gasteiger partial charge in [-0.15, -0.1) is 0 Å². The van der Waals surface area contributed by atoms with E-state index in [0.717, 1.165) is 28.5 Å². The Hall–Kier alpha value is -1.10. The van der Waals surface area contributed by atoms with Gasteiger partial charge in [0.15, 0.2) is 5.96 Å². The van der Waals surface area contributed by atoms with Crippen molar-refractivity contribution in [1.82, 2.24) is 10.6 Å². The quantitative estimate of drug-likeness (QED) is 0.662. The number of nitrogens with zero attached hydrogens (tertiary/aromatic N) is 1. The standard InChI is InChI=1S/C13H17BrFN3/c1-16-13(17-7-9-2-3-9)18-8-10-6-11(15)4-5-12(10)14/h4-6,9H,2-3,7-8H2,1H3,(H2,16,17,18). The summed E-state index contributed by atoms with van der Waals surface area (Å²) in [5.74, 6) is 1.33. The van der Waals surface area contributed by atoms with Gasteiger partial charge in [-0.25, -0.2) is 4.39 Å². The zero-order valence-electron chi connectivity index (χ0n) is 10.3. The van der Waals surface area contributed by atoms with Crippen molar-refractivity contribution < 1.29 is 4.39 Å². The van der Waals surface area contributed by atoms with Crippen molar-refractivity contribution in [3.63, 3.8) is 0 Å². The molecule has 0 radical (unpaired) electrons. The van der Waals surface area contributed by atoms with Crippen molar-refractivity contribution in [3.05, 3.63) is 34.1 Å². The van der Waals surface area contributed by atoms with Crippen molar-refractivity contribution >= 4 is 21.9 Å². The highest BCUT2D eigenvalue weighted by atomic mass is 79.9. The third-order valence-corrected chi connectivity index (χ3v) is 3.71. The van der Waals surface area contributed by atoms with E-state index in [1.54, 1.807) is 13.1 Å². The fraction of sp³-hybridized carbons (Fsp3) is 0.462. The number of nitrogens with one attached hydrogen (secondary N) is 2. The Morgan fingerprint density at radius 2 is 2.22 bits per heavy atom. The van der Waals surface area contributed by atoms with Gasteiger partial charge in [0, 0.05) is 24.6 Å². The van der Waals surface area contributed by atoms with Gasteiger partial charge in [-0.3, -0.25) is 4.99 Å². The topological polar surface area (TPSA) is 36.4 Å². The molecule has 0 heterocycles. The highest BCUT2D eigenvalue weighted by Crippen LogP contribution is 2.27. The molecule has 3 nitrogen and oxygen atoms in total. The Balaban J connectivity index is 1.86. The van der Waals surface area contributed by atoms with E-state index in [-0.39, 0.29) is 5.82 Å². The predicted octanol–water partition coefficient (Wildman–Crippen LogP) is 2.66. The molecule has 1 aliphatic rings. The van der Waals surface area contributed by atoms with Crippen LogP contribution in [0, 0.1) is 11.7 Å². The van der Waals surface area contributed by atoms with Crippen LogP contribution in [0.4, 0.5) is 4.39 Å². The van der Waals surface area contributed by atoms with E-state index in [9.17, 15) is 4.39 Å². The number of hydrogen-bond donors (Lipinski definition) is 2.